The van der Waals surface area contributed by atoms with Crippen molar-refractivity contribution >= 4 is 6.29 Å². The van der Waals surface area contributed by atoms with Gasteiger partial charge in [0.2, 0.25) is 0 Å². The zero-order valence-electron chi connectivity index (χ0n) is 11.4. The Kier molecular flexibility index (Phi) is 3.98. The van der Waals surface area contributed by atoms with Crippen LogP contribution in [0.4, 0.5) is 0 Å². The lowest BCUT2D eigenvalue weighted by atomic mass is 9.85. The summed E-state index contributed by atoms with van der Waals surface area (Å²) in [6.45, 7) is 2.26. The highest BCUT2D eigenvalue weighted by Gasteiger charge is 2.39. The van der Waals surface area contributed by atoms with E-state index in [4.69, 9.17) is 14.2 Å². The minimum absolute atomic E-state index is 0.0721. The van der Waals surface area contributed by atoms with Crippen LogP contribution < -0.4 is 4.74 Å². The second kappa shape index (κ2) is 5.89. The molecule has 0 saturated carbocycles. The third-order valence-electron chi connectivity index (χ3n) is 4.03. The third kappa shape index (κ3) is 2.99. The van der Waals surface area contributed by atoms with Crippen LogP contribution in [-0.2, 0) is 9.47 Å². The highest BCUT2D eigenvalue weighted by atomic mass is 16.5. The third-order valence-corrected chi connectivity index (χ3v) is 4.03. The van der Waals surface area contributed by atoms with Crippen molar-refractivity contribution in [3.63, 3.8) is 0 Å². The van der Waals surface area contributed by atoms with Gasteiger partial charge in [-0.3, -0.25) is 4.79 Å². The van der Waals surface area contributed by atoms with E-state index in [0.29, 0.717) is 11.4 Å². The molecule has 3 heterocycles. The van der Waals surface area contributed by atoms with Crippen LogP contribution in [-0.4, -0.2) is 42.8 Å². The van der Waals surface area contributed by atoms with Gasteiger partial charge in [0.05, 0.1) is 18.4 Å². The molecule has 0 bridgehead atoms. The molecule has 5 nitrogen and oxygen atoms in total. The minimum atomic E-state index is -0.0721. The fourth-order valence-corrected chi connectivity index (χ4v) is 2.90. The summed E-state index contributed by atoms with van der Waals surface area (Å²) >= 11 is 0. The summed E-state index contributed by atoms with van der Waals surface area (Å²) < 4.78 is 17.4. The monoisotopic (exact) mass is 277 g/mol. The van der Waals surface area contributed by atoms with Gasteiger partial charge in [0.15, 0.2) is 6.29 Å². The number of carbonyl (C=O) groups is 1. The van der Waals surface area contributed by atoms with E-state index < -0.39 is 0 Å². The molecule has 0 aliphatic carbocycles. The summed E-state index contributed by atoms with van der Waals surface area (Å²) in [6.07, 6.45) is 6.14. The minimum Gasteiger partial charge on any atom is -0.489 e. The van der Waals surface area contributed by atoms with Crippen LogP contribution in [0.3, 0.4) is 0 Å². The van der Waals surface area contributed by atoms with Crippen molar-refractivity contribution in [2.24, 2.45) is 0 Å². The lowest BCUT2D eigenvalue weighted by Crippen LogP contribution is -2.47. The van der Waals surface area contributed by atoms with Gasteiger partial charge in [-0.1, -0.05) is 0 Å². The SMILES string of the molecule is O=Cc1ccc(OC2CCOC3(CCOCC3)C2)cn1. The summed E-state index contributed by atoms with van der Waals surface area (Å²) in [7, 11) is 0. The van der Waals surface area contributed by atoms with Gasteiger partial charge in [0, 0.05) is 26.1 Å². The van der Waals surface area contributed by atoms with Gasteiger partial charge in [-0.2, -0.15) is 0 Å². The van der Waals surface area contributed by atoms with Crippen LogP contribution in [0.15, 0.2) is 18.3 Å². The highest BCUT2D eigenvalue weighted by Crippen LogP contribution is 2.35. The number of rotatable bonds is 3. The van der Waals surface area contributed by atoms with E-state index in [1.165, 1.54) is 0 Å². The zero-order valence-corrected chi connectivity index (χ0v) is 11.4. The molecule has 2 fully saturated rings. The average molecular weight is 277 g/mol. The molecule has 5 heteroatoms. The highest BCUT2D eigenvalue weighted by molar-refractivity contribution is 5.71. The Labute approximate surface area is 118 Å². The number of hydrogen-bond donors (Lipinski definition) is 0. The maximum absolute atomic E-state index is 10.6. The summed E-state index contributed by atoms with van der Waals surface area (Å²) in [5.41, 5.74) is 0.349. The first-order valence-corrected chi connectivity index (χ1v) is 7.09. The molecule has 20 heavy (non-hydrogen) atoms. The maximum atomic E-state index is 10.6. The Bertz CT molecular complexity index is 448. The molecule has 1 aromatic rings. The Morgan fingerprint density at radius 2 is 2.15 bits per heavy atom. The predicted octanol–water partition coefficient (Wildman–Crippen LogP) is 2.00. The molecule has 1 unspecified atom stereocenters. The van der Waals surface area contributed by atoms with E-state index in [-0.39, 0.29) is 11.7 Å². The largest absolute Gasteiger partial charge is 0.489 e. The standard InChI is InChI=1S/C15H19NO4/c17-11-12-1-2-14(10-16-12)20-13-3-6-19-15(9-13)4-7-18-8-5-15/h1-2,10-11,13H,3-9H2. The van der Waals surface area contributed by atoms with Crippen LogP contribution in [0.1, 0.15) is 36.2 Å². The van der Waals surface area contributed by atoms with Gasteiger partial charge in [0.25, 0.3) is 0 Å². The second-order valence-electron chi connectivity index (χ2n) is 5.41. The molecule has 1 aromatic heterocycles. The summed E-state index contributed by atoms with van der Waals surface area (Å²) in [5, 5.41) is 0. The van der Waals surface area contributed by atoms with E-state index in [1.54, 1.807) is 18.3 Å². The predicted molar refractivity (Wildman–Crippen MR) is 72.0 cm³/mol. The maximum Gasteiger partial charge on any atom is 0.168 e. The first-order valence-electron chi connectivity index (χ1n) is 7.09. The Hall–Kier alpha value is -1.46. The number of hydrogen-bond acceptors (Lipinski definition) is 5. The van der Waals surface area contributed by atoms with Crippen molar-refractivity contribution in [2.45, 2.75) is 37.4 Å². The average Bonchev–Trinajstić information content (AvgIpc) is 2.49. The van der Waals surface area contributed by atoms with Crippen molar-refractivity contribution < 1.29 is 19.0 Å². The number of aromatic nitrogens is 1. The fraction of sp³-hybridized carbons (Fsp3) is 0.600. The van der Waals surface area contributed by atoms with Gasteiger partial charge >= 0.3 is 0 Å². The molecule has 2 aliphatic heterocycles. The molecular weight excluding hydrogens is 258 g/mol. The Balaban J connectivity index is 1.63. The van der Waals surface area contributed by atoms with Gasteiger partial charge in [-0.15, -0.1) is 0 Å². The van der Waals surface area contributed by atoms with Crippen LogP contribution in [0, 0.1) is 0 Å². The molecule has 0 radical (unpaired) electrons. The normalized spacial score (nSPS) is 25.3. The quantitative estimate of drug-likeness (QED) is 0.791. The van der Waals surface area contributed by atoms with Crippen LogP contribution >= 0.6 is 0 Å². The van der Waals surface area contributed by atoms with Gasteiger partial charge in [-0.25, -0.2) is 4.98 Å². The van der Waals surface area contributed by atoms with Gasteiger partial charge < -0.3 is 14.2 Å². The van der Waals surface area contributed by atoms with Crippen molar-refractivity contribution in [3.05, 3.63) is 24.0 Å². The summed E-state index contributed by atoms with van der Waals surface area (Å²) in [6, 6.07) is 3.47. The van der Waals surface area contributed by atoms with Gasteiger partial charge in [0.1, 0.15) is 17.5 Å². The molecule has 0 N–H and O–H groups in total. The Morgan fingerprint density at radius 3 is 2.85 bits per heavy atom. The molecule has 1 atom stereocenters. The molecule has 2 aliphatic rings. The second-order valence-corrected chi connectivity index (χ2v) is 5.41. The van der Waals surface area contributed by atoms with Crippen molar-refractivity contribution in [1.29, 1.82) is 0 Å². The summed E-state index contributed by atoms with van der Waals surface area (Å²) in [5.74, 6) is 0.713. The molecule has 108 valence electrons. The first-order chi connectivity index (χ1) is 9.80. The lowest BCUT2D eigenvalue weighted by Gasteiger charge is -2.43. The molecule has 3 rings (SSSR count). The number of carbonyl (C=O) groups excluding carboxylic acids is 1. The smallest absolute Gasteiger partial charge is 0.168 e. The van der Waals surface area contributed by atoms with Crippen LogP contribution in [0.25, 0.3) is 0 Å². The van der Waals surface area contributed by atoms with Gasteiger partial charge in [-0.05, 0) is 25.0 Å². The van der Waals surface area contributed by atoms with Crippen molar-refractivity contribution in [3.8, 4) is 5.75 Å². The number of ether oxygens (including phenoxy) is 3. The number of nitrogens with zero attached hydrogens (tertiary/aromatic N) is 1. The van der Waals surface area contributed by atoms with Crippen molar-refractivity contribution in [1.82, 2.24) is 4.98 Å². The zero-order chi connectivity index (χ0) is 13.8. The summed E-state index contributed by atoms with van der Waals surface area (Å²) in [4.78, 5) is 14.6. The van der Waals surface area contributed by atoms with E-state index in [0.717, 1.165) is 51.8 Å². The topological polar surface area (TPSA) is 57.7 Å². The van der Waals surface area contributed by atoms with E-state index in [2.05, 4.69) is 4.98 Å². The van der Waals surface area contributed by atoms with Crippen LogP contribution in [0.2, 0.25) is 0 Å². The first kappa shape index (κ1) is 13.5. The van der Waals surface area contributed by atoms with Crippen LogP contribution in [0.5, 0.6) is 5.75 Å². The van der Waals surface area contributed by atoms with E-state index in [1.807, 2.05) is 0 Å². The van der Waals surface area contributed by atoms with E-state index >= 15 is 0 Å². The fourth-order valence-electron chi connectivity index (χ4n) is 2.90. The molecule has 2 saturated heterocycles. The molecule has 0 aromatic carbocycles. The van der Waals surface area contributed by atoms with E-state index in [9.17, 15) is 4.79 Å². The molecule has 0 amide bonds. The molecule has 1 spiro atoms. The Morgan fingerprint density at radius 1 is 1.30 bits per heavy atom. The number of pyridine rings is 1. The van der Waals surface area contributed by atoms with Crippen molar-refractivity contribution in [2.75, 3.05) is 19.8 Å². The lowest BCUT2D eigenvalue weighted by molar-refractivity contribution is -0.155. The number of aldehydes is 1. The molecular formula is C15H19NO4.